The number of nitrogens with zero attached hydrogens (tertiary/aromatic N) is 3. The first-order valence-corrected chi connectivity index (χ1v) is 13.4. The molecule has 0 saturated heterocycles. The van der Waals surface area contributed by atoms with Gasteiger partial charge in [-0.15, -0.1) is 0 Å². The van der Waals surface area contributed by atoms with Crippen molar-refractivity contribution in [2.24, 2.45) is 5.10 Å². The van der Waals surface area contributed by atoms with Gasteiger partial charge in [0.15, 0.2) is 23.9 Å². The number of rotatable bonds is 8. The number of para-hydroxylation sites is 1. The second-order valence-corrected chi connectivity index (χ2v) is 10.2. The number of fused-ring (bicyclic) bond motifs is 2. The predicted molar refractivity (Wildman–Crippen MR) is 157 cm³/mol. The number of benzene rings is 3. The highest BCUT2D eigenvalue weighted by atomic mass is 79.9. The van der Waals surface area contributed by atoms with Crippen molar-refractivity contribution in [1.29, 1.82) is 0 Å². The van der Waals surface area contributed by atoms with Crippen LogP contribution < -0.4 is 15.0 Å². The molecule has 0 fully saturated rings. The van der Waals surface area contributed by atoms with Gasteiger partial charge in [-0.3, -0.25) is 4.79 Å². The third-order valence-corrected chi connectivity index (χ3v) is 6.68. The van der Waals surface area contributed by atoms with Crippen LogP contribution in [-0.4, -0.2) is 41.7 Å². The van der Waals surface area contributed by atoms with Crippen LogP contribution in [0.1, 0.15) is 19.4 Å². The molecule has 0 bridgehead atoms. The molecule has 5 aromatic rings. The summed E-state index contributed by atoms with van der Waals surface area (Å²) in [4.78, 5) is 30.1. The fourth-order valence-corrected chi connectivity index (χ4v) is 4.60. The van der Waals surface area contributed by atoms with E-state index in [1.54, 1.807) is 74.5 Å². The van der Waals surface area contributed by atoms with E-state index in [0.29, 0.717) is 48.8 Å². The number of esters is 1. The maximum atomic E-state index is 13.5. The third kappa shape index (κ3) is 5.73. The molecule has 0 amide bonds. The summed E-state index contributed by atoms with van der Waals surface area (Å²) in [6.07, 6.45) is 1.24. The van der Waals surface area contributed by atoms with Crippen LogP contribution in [0.15, 0.2) is 79.4 Å². The highest BCUT2D eigenvalue weighted by Gasteiger charge is 2.17. The van der Waals surface area contributed by atoms with E-state index in [4.69, 9.17) is 30.2 Å². The van der Waals surface area contributed by atoms with Crippen molar-refractivity contribution < 1.29 is 23.4 Å². The van der Waals surface area contributed by atoms with E-state index in [-0.39, 0.29) is 24.1 Å². The Hall–Kier alpha value is -4.15. The molecule has 0 aliphatic carbocycles. The smallest absolute Gasteiger partial charge is 0.344 e. The summed E-state index contributed by atoms with van der Waals surface area (Å²) in [5.41, 5.74) is 1.31. The lowest BCUT2D eigenvalue weighted by atomic mass is 10.2. The number of halogens is 2. The maximum absolute atomic E-state index is 13.5. The Bertz CT molecular complexity index is 1830. The number of aromatic nitrogens is 2. The molecule has 0 aliphatic heterocycles. The highest BCUT2D eigenvalue weighted by molar-refractivity contribution is 9.10. The van der Waals surface area contributed by atoms with Crippen LogP contribution >= 0.6 is 27.5 Å². The monoisotopic (exact) mass is 623 g/mol. The molecule has 204 valence electrons. The minimum Gasteiger partial charge on any atom is -0.493 e. The summed E-state index contributed by atoms with van der Waals surface area (Å²) in [5.74, 6) is 0.770. The van der Waals surface area contributed by atoms with E-state index in [1.807, 2.05) is 0 Å². The van der Waals surface area contributed by atoms with Crippen molar-refractivity contribution in [3.8, 4) is 23.1 Å². The van der Waals surface area contributed by atoms with E-state index < -0.39 is 5.97 Å². The zero-order chi connectivity index (χ0) is 28.4. The van der Waals surface area contributed by atoms with Crippen molar-refractivity contribution in [2.45, 2.75) is 20.0 Å². The predicted octanol–water partition coefficient (Wildman–Crippen LogP) is 6.45. The van der Waals surface area contributed by atoms with E-state index >= 15 is 0 Å². The highest BCUT2D eigenvalue weighted by Crippen LogP contribution is 2.33. The Labute approximate surface area is 242 Å². The largest absolute Gasteiger partial charge is 0.493 e. The topological polar surface area (TPSA) is 105 Å². The molecule has 2 heterocycles. The van der Waals surface area contributed by atoms with Gasteiger partial charge in [-0.25, -0.2) is 9.78 Å². The maximum Gasteiger partial charge on any atom is 0.344 e. The summed E-state index contributed by atoms with van der Waals surface area (Å²) in [6.45, 7) is 3.24. The molecule has 0 unspecified atom stereocenters. The van der Waals surface area contributed by atoms with Crippen LogP contribution in [0.2, 0.25) is 5.02 Å². The molecule has 0 spiro atoms. The second kappa shape index (κ2) is 11.5. The quantitative estimate of drug-likeness (QED) is 0.144. The molecule has 11 heteroatoms. The standard InChI is InChI=1S/C29H23BrClN3O6/c1-16(2)39-27(35)15-38-25-13-21(30)18(12-24(25)37-3)14-32-34-28(33-22-7-5-4-6-20(22)29(34)36)26-11-17-10-19(31)8-9-23(17)40-26/h4-14,16H,15H2,1-3H3. The fraction of sp³-hybridized carbons (Fsp3) is 0.172. The third-order valence-electron chi connectivity index (χ3n) is 5.76. The van der Waals surface area contributed by atoms with Gasteiger partial charge in [-0.1, -0.05) is 23.7 Å². The van der Waals surface area contributed by atoms with Crippen LogP contribution in [0, 0.1) is 0 Å². The molecule has 40 heavy (non-hydrogen) atoms. The van der Waals surface area contributed by atoms with Crippen molar-refractivity contribution in [3.05, 3.63) is 86.1 Å². The average Bonchev–Trinajstić information content (AvgIpc) is 3.34. The van der Waals surface area contributed by atoms with Crippen molar-refractivity contribution in [3.63, 3.8) is 0 Å². The molecule has 0 N–H and O–H groups in total. The first-order chi connectivity index (χ1) is 19.2. The first kappa shape index (κ1) is 27.4. The Balaban J connectivity index is 1.55. The average molecular weight is 625 g/mol. The Kier molecular flexibility index (Phi) is 7.90. The lowest BCUT2D eigenvalue weighted by molar-refractivity contribution is -0.149. The molecule has 0 radical (unpaired) electrons. The number of carbonyl (C=O) groups is 1. The van der Waals surface area contributed by atoms with Gasteiger partial charge in [0.25, 0.3) is 5.56 Å². The molecule has 3 aromatic carbocycles. The summed E-state index contributed by atoms with van der Waals surface area (Å²) in [5, 5.41) is 6.22. The minimum absolute atomic E-state index is 0.221. The van der Waals surface area contributed by atoms with Gasteiger partial charge in [0.1, 0.15) is 5.58 Å². The molecule has 5 rings (SSSR count). The summed E-state index contributed by atoms with van der Waals surface area (Å²) in [6, 6.07) is 17.3. The molecule has 2 aromatic heterocycles. The molecule has 0 atom stereocenters. The summed E-state index contributed by atoms with van der Waals surface area (Å²) >= 11 is 9.66. The normalized spacial score (nSPS) is 11.6. The number of methoxy groups -OCH3 is 1. The number of ether oxygens (including phenoxy) is 3. The fourth-order valence-electron chi connectivity index (χ4n) is 3.99. The molecular formula is C29H23BrClN3O6. The van der Waals surface area contributed by atoms with Crippen LogP contribution in [0.25, 0.3) is 33.5 Å². The summed E-state index contributed by atoms with van der Waals surface area (Å²) < 4.78 is 24.0. The van der Waals surface area contributed by atoms with Gasteiger partial charge in [-0.2, -0.15) is 9.78 Å². The van der Waals surface area contributed by atoms with Crippen molar-refractivity contribution in [1.82, 2.24) is 9.66 Å². The zero-order valence-electron chi connectivity index (χ0n) is 21.7. The van der Waals surface area contributed by atoms with Crippen LogP contribution in [0.5, 0.6) is 11.5 Å². The van der Waals surface area contributed by atoms with Crippen molar-refractivity contribution in [2.75, 3.05) is 13.7 Å². The first-order valence-electron chi connectivity index (χ1n) is 12.2. The van der Waals surface area contributed by atoms with E-state index in [0.717, 1.165) is 5.39 Å². The lowest BCUT2D eigenvalue weighted by Crippen LogP contribution is -2.20. The second-order valence-electron chi connectivity index (χ2n) is 8.96. The van der Waals surface area contributed by atoms with Gasteiger partial charge in [-0.05, 0) is 78.3 Å². The van der Waals surface area contributed by atoms with E-state index in [2.05, 4.69) is 26.0 Å². The number of hydrogen-bond donors (Lipinski definition) is 0. The molecule has 9 nitrogen and oxygen atoms in total. The zero-order valence-corrected chi connectivity index (χ0v) is 24.0. The Morgan fingerprint density at radius 1 is 1.15 bits per heavy atom. The minimum atomic E-state index is -0.498. The van der Waals surface area contributed by atoms with Crippen LogP contribution in [0.3, 0.4) is 0 Å². The van der Waals surface area contributed by atoms with Crippen LogP contribution in [-0.2, 0) is 9.53 Å². The lowest BCUT2D eigenvalue weighted by Gasteiger charge is -2.13. The summed E-state index contributed by atoms with van der Waals surface area (Å²) in [7, 11) is 1.48. The SMILES string of the molecule is COc1cc(C=Nn2c(-c3cc4cc(Cl)ccc4o3)nc3ccccc3c2=O)c(Br)cc1OCC(=O)OC(C)C. The van der Waals surface area contributed by atoms with Gasteiger partial charge in [0.2, 0.25) is 5.82 Å². The van der Waals surface area contributed by atoms with Gasteiger partial charge in [0, 0.05) is 20.4 Å². The van der Waals surface area contributed by atoms with Crippen LogP contribution in [0.4, 0.5) is 0 Å². The molecule has 0 saturated carbocycles. The Morgan fingerprint density at radius 3 is 2.73 bits per heavy atom. The van der Waals surface area contributed by atoms with Gasteiger partial charge >= 0.3 is 5.97 Å². The number of carbonyl (C=O) groups excluding carboxylic acids is 1. The van der Waals surface area contributed by atoms with Gasteiger partial charge in [0.05, 0.1) is 30.3 Å². The number of hydrogen-bond acceptors (Lipinski definition) is 8. The van der Waals surface area contributed by atoms with E-state index in [1.165, 1.54) is 18.0 Å². The molecular weight excluding hydrogens is 602 g/mol. The van der Waals surface area contributed by atoms with E-state index in [9.17, 15) is 9.59 Å². The Morgan fingerprint density at radius 2 is 1.95 bits per heavy atom. The molecule has 0 aliphatic rings. The number of furan rings is 1. The van der Waals surface area contributed by atoms with Crippen molar-refractivity contribution >= 4 is 61.6 Å². The van der Waals surface area contributed by atoms with Gasteiger partial charge < -0.3 is 18.6 Å².